The summed E-state index contributed by atoms with van der Waals surface area (Å²) in [6.45, 7) is 15.9. The molecule has 0 heterocycles. The van der Waals surface area contributed by atoms with E-state index in [1.165, 1.54) is 25.7 Å². The number of aliphatic hydroxyl groups excluding tert-OH is 1. The van der Waals surface area contributed by atoms with Gasteiger partial charge in [0.1, 0.15) is 0 Å². The fourth-order valence-electron chi connectivity index (χ4n) is 1.88. The zero-order valence-corrected chi connectivity index (χ0v) is 15.8. The van der Waals surface area contributed by atoms with E-state index in [4.69, 9.17) is 9.22 Å². The summed E-state index contributed by atoms with van der Waals surface area (Å²) in [6.07, 6.45) is 6.43. The summed E-state index contributed by atoms with van der Waals surface area (Å²) >= 11 is 0. The van der Waals surface area contributed by atoms with Crippen LogP contribution in [0.3, 0.4) is 0 Å². The minimum atomic E-state index is -1.46. The molecule has 0 saturated heterocycles. The van der Waals surface area contributed by atoms with Crippen LogP contribution in [-0.4, -0.2) is 28.3 Å². The molecule has 0 rings (SSSR count). The molecular formula is C14H36O2Si2. The van der Waals surface area contributed by atoms with E-state index in [0.717, 1.165) is 12.5 Å². The first-order valence-electron chi connectivity index (χ1n) is 7.49. The average molecular weight is 293 g/mol. The molecule has 0 bridgehead atoms. The molecule has 0 aromatic rings. The highest BCUT2D eigenvalue weighted by Gasteiger charge is 2.28. The maximum atomic E-state index is 8.71. The van der Waals surface area contributed by atoms with E-state index in [1.807, 2.05) is 0 Å². The van der Waals surface area contributed by atoms with Crippen molar-refractivity contribution in [2.75, 3.05) is 6.61 Å². The summed E-state index contributed by atoms with van der Waals surface area (Å²) in [5.74, 6) is 0. The predicted molar refractivity (Wildman–Crippen MR) is 88.2 cm³/mol. The van der Waals surface area contributed by atoms with Gasteiger partial charge in [-0.05, 0) is 45.2 Å². The van der Waals surface area contributed by atoms with Crippen LogP contribution in [0.1, 0.15) is 46.0 Å². The van der Waals surface area contributed by atoms with Crippen molar-refractivity contribution < 1.29 is 9.22 Å². The SMILES string of the molecule is CCCCCC.C[Si](C)(C)O[Si](C)(C)CCCO. The van der Waals surface area contributed by atoms with Crippen molar-refractivity contribution in [1.29, 1.82) is 0 Å². The molecule has 0 aliphatic rings. The summed E-state index contributed by atoms with van der Waals surface area (Å²) in [6, 6.07) is 1.08. The zero-order valence-electron chi connectivity index (χ0n) is 13.8. The van der Waals surface area contributed by atoms with E-state index in [9.17, 15) is 0 Å². The Bertz CT molecular complexity index is 173. The topological polar surface area (TPSA) is 29.5 Å². The molecule has 112 valence electrons. The molecule has 0 amide bonds. The maximum Gasteiger partial charge on any atom is 0.173 e. The van der Waals surface area contributed by atoms with E-state index >= 15 is 0 Å². The molecule has 0 aliphatic carbocycles. The molecular weight excluding hydrogens is 256 g/mol. The van der Waals surface area contributed by atoms with Crippen LogP contribution < -0.4 is 0 Å². The van der Waals surface area contributed by atoms with Gasteiger partial charge in [-0.15, -0.1) is 0 Å². The first kappa shape index (κ1) is 20.7. The third kappa shape index (κ3) is 18.7. The highest BCUT2D eigenvalue weighted by molar-refractivity contribution is 6.84. The van der Waals surface area contributed by atoms with Crippen LogP contribution in [0, 0.1) is 0 Å². The number of aliphatic hydroxyl groups is 1. The fraction of sp³-hybridized carbons (Fsp3) is 1.00. The van der Waals surface area contributed by atoms with Gasteiger partial charge in [0, 0.05) is 6.61 Å². The van der Waals surface area contributed by atoms with E-state index in [2.05, 4.69) is 46.6 Å². The van der Waals surface area contributed by atoms with Gasteiger partial charge in [0.05, 0.1) is 0 Å². The molecule has 0 unspecified atom stereocenters. The summed E-state index contributed by atoms with van der Waals surface area (Å²) in [5, 5.41) is 8.71. The van der Waals surface area contributed by atoms with Gasteiger partial charge in [-0.3, -0.25) is 0 Å². The van der Waals surface area contributed by atoms with Crippen molar-refractivity contribution in [1.82, 2.24) is 0 Å². The first-order chi connectivity index (χ1) is 8.18. The van der Waals surface area contributed by atoms with Crippen LogP contribution in [-0.2, 0) is 4.12 Å². The van der Waals surface area contributed by atoms with Crippen LogP contribution in [0.4, 0.5) is 0 Å². The highest BCUT2D eigenvalue weighted by atomic mass is 28.4. The van der Waals surface area contributed by atoms with Gasteiger partial charge in [0.2, 0.25) is 0 Å². The number of unbranched alkanes of at least 4 members (excludes halogenated alkanes) is 3. The van der Waals surface area contributed by atoms with Crippen LogP contribution in [0.5, 0.6) is 0 Å². The molecule has 0 saturated carbocycles. The third-order valence-electron chi connectivity index (χ3n) is 2.48. The van der Waals surface area contributed by atoms with Gasteiger partial charge < -0.3 is 9.22 Å². The standard InChI is InChI=1S/C8H22O2Si2.C6H14/c1-11(2,3)10-12(4,5)8-6-7-9;1-3-5-6-4-2/h9H,6-8H2,1-5H3;3-6H2,1-2H3. The summed E-state index contributed by atoms with van der Waals surface area (Å²) < 4.78 is 6.09. The average Bonchev–Trinajstić information content (AvgIpc) is 2.21. The Hall–Kier alpha value is 0.354. The molecule has 0 fully saturated rings. The van der Waals surface area contributed by atoms with Crippen molar-refractivity contribution in [3.05, 3.63) is 0 Å². The van der Waals surface area contributed by atoms with Crippen molar-refractivity contribution in [3.8, 4) is 0 Å². The van der Waals surface area contributed by atoms with Crippen LogP contribution in [0.25, 0.3) is 0 Å². The lowest BCUT2D eigenvalue weighted by Crippen LogP contribution is -2.42. The smallest absolute Gasteiger partial charge is 0.173 e. The van der Waals surface area contributed by atoms with E-state index in [1.54, 1.807) is 0 Å². The van der Waals surface area contributed by atoms with Gasteiger partial charge in [-0.25, -0.2) is 0 Å². The van der Waals surface area contributed by atoms with Gasteiger partial charge in [0.25, 0.3) is 0 Å². The molecule has 0 aliphatic heterocycles. The van der Waals surface area contributed by atoms with Crippen molar-refractivity contribution in [2.45, 2.75) is 84.7 Å². The number of hydrogen-bond donors (Lipinski definition) is 1. The Morgan fingerprint density at radius 1 is 0.833 bits per heavy atom. The number of hydrogen-bond acceptors (Lipinski definition) is 2. The normalized spacial score (nSPS) is 12.0. The molecule has 18 heavy (non-hydrogen) atoms. The quantitative estimate of drug-likeness (QED) is 0.503. The lowest BCUT2D eigenvalue weighted by Gasteiger charge is -2.31. The van der Waals surface area contributed by atoms with Crippen LogP contribution >= 0.6 is 0 Å². The van der Waals surface area contributed by atoms with E-state index in [0.29, 0.717) is 6.61 Å². The van der Waals surface area contributed by atoms with Gasteiger partial charge in [0.15, 0.2) is 16.6 Å². The van der Waals surface area contributed by atoms with Gasteiger partial charge in [-0.1, -0.05) is 39.5 Å². The highest BCUT2D eigenvalue weighted by Crippen LogP contribution is 2.19. The second-order valence-electron chi connectivity index (χ2n) is 6.51. The molecule has 2 nitrogen and oxygen atoms in total. The Morgan fingerprint density at radius 3 is 1.56 bits per heavy atom. The minimum absolute atomic E-state index is 0.297. The molecule has 4 heteroatoms. The largest absolute Gasteiger partial charge is 0.456 e. The number of rotatable bonds is 8. The van der Waals surface area contributed by atoms with Crippen molar-refractivity contribution >= 4 is 16.6 Å². The zero-order chi connectivity index (χ0) is 14.7. The summed E-state index contributed by atoms with van der Waals surface area (Å²) in [4.78, 5) is 0. The lowest BCUT2D eigenvalue weighted by molar-refractivity contribution is 0.292. The molecule has 0 atom stereocenters. The van der Waals surface area contributed by atoms with E-state index < -0.39 is 16.6 Å². The molecule has 0 spiro atoms. The monoisotopic (exact) mass is 292 g/mol. The Labute approximate surface area is 117 Å². The van der Waals surface area contributed by atoms with E-state index in [-0.39, 0.29) is 0 Å². The molecule has 0 aromatic carbocycles. The maximum absolute atomic E-state index is 8.71. The lowest BCUT2D eigenvalue weighted by atomic mass is 10.2. The molecule has 0 aromatic heterocycles. The Morgan fingerprint density at radius 2 is 1.28 bits per heavy atom. The third-order valence-corrected chi connectivity index (χ3v) is 8.69. The van der Waals surface area contributed by atoms with Crippen molar-refractivity contribution in [2.24, 2.45) is 0 Å². The van der Waals surface area contributed by atoms with Crippen molar-refractivity contribution in [3.63, 3.8) is 0 Å². The fourth-order valence-corrected chi connectivity index (χ4v) is 9.93. The van der Waals surface area contributed by atoms with Crippen LogP contribution in [0.15, 0.2) is 0 Å². The summed E-state index contributed by atoms with van der Waals surface area (Å²) in [7, 11) is -2.82. The Kier molecular flexibility index (Phi) is 12.9. The summed E-state index contributed by atoms with van der Waals surface area (Å²) in [5.41, 5.74) is 0. The second-order valence-corrected chi connectivity index (χ2v) is 15.6. The predicted octanol–water partition coefficient (Wildman–Crippen LogP) is 5.01. The van der Waals surface area contributed by atoms with Gasteiger partial charge >= 0.3 is 0 Å². The second kappa shape index (κ2) is 11.2. The molecule has 1 N–H and O–H groups in total. The molecule has 0 radical (unpaired) electrons. The van der Waals surface area contributed by atoms with Gasteiger partial charge in [-0.2, -0.15) is 0 Å². The minimum Gasteiger partial charge on any atom is -0.456 e. The van der Waals surface area contributed by atoms with Crippen LogP contribution in [0.2, 0.25) is 38.8 Å². The Balaban J connectivity index is 0. The first-order valence-corrected chi connectivity index (χ1v) is 14.0.